The molecule has 0 saturated carbocycles. The molecule has 0 unspecified atom stereocenters. The van der Waals surface area contributed by atoms with Gasteiger partial charge in [-0.3, -0.25) is 4.98 Å². The van der Waals surface area contributed by atoms with E-state index in [2.05, 4.69) is 9.97 Å². The van der Waals surface area contributed by atoms with E-state index in [1.807, 2.05) is 0 Å². The Balaban J connectivity index is 1.63. The van der Waals surface area contributed by atoms with Crippen molar-refractivity contribution >= 4 is 11.9 Å². The van der Waals surface area contributed by atoms with E-state index < -0.39 is 11.9 Å². The molecule has 3 rings (SSSR count). The molecule has 0 aliphatic heterocycles. The van der Waals surface area contributed by atoms with Crippen LogP contribution in [0.1, 0.15) is 20.8 Å². The van der Waals surface area contributed by atoms with Crippen molar-refractivity contribution in [2.45, 2.75) is 0 Å². The van der Waals surface area contributed by atoms with E-state index in [0.29, 0.717) is 17.1 Å². The van der Waals surface area contributed by atoms with Crippen molar-refractivity contribution in [1.29, 1.82) is 0 Å². The number of esters is 2. The van der Waals surface area contributed by atoms with Crippen LogP contribution in [0.15, 0.2) is 73.2 Å². The smallest absolute Gasteiger partial charge is 0.362 e. The van der Waals surface area contributed by atoms with Crippen molar-refractivity contribution in [1.82, 2.24) is 9.97 Å². The lowest BCUT2D eigenvalue weighted by Gasteiger charge is -2.06. The van der Waals surface area contributed by atoms with Crippen LogP contribution in [0, 0.1) is 0 Å². The molecule has 2 heterocycles. The summed E-state index contributed by atoms with van der Waals surface area (Å²) in [5.74, 6) is -0.412. The Kier molecular flexibility index (Phi) is 4.57. The third-order valence-electron chi connectivity index (χ3n) is 3.02. The summed E-state index contributed by atoms with van der Waals surface area (Å²) >= 11 is 0. The summed E-state index contributed by atoms with van der Waals surface area (Å²) in [5, 5.41) is 0. The third kappa shape index (κ3) is 3.80. The van der Waals surface area contributed by atoms with E-state index in [0.717, 1.165) is 0 Å². The Labute approximate surface area is 137 Å². The summed E-state index contributed by atoms with van der Waals surface area (Å²) in [7, 11) is 0. The van der Waals surface area contributed by atoms with Gasteiger partial charge in [0, 0.05) is 18.6 Å². The molecule has 3 aromatic rings. The maximum absolute atomic E-state index is 11.9. The molecular weight excluding hydrogens is 308 g/mol. The average Bonchev–Trinajstić information content (AvgIpc) is 2.65. The number of ether oxygens (including phenoxy) is 2. The summed E-state index contributed by atoms with van der Waals surface area (Å²) in [4.78, 5) is 31.6. The third-order valence-corrected chi connectivity index (χ3v) is 3.02. The van der Waals surface area contributed by atoms with Gasteiger partial charge in [-0.1, -0.05) is 6.07 Å². The molecular formula is C18H12N2O4. The number of rotatable bonds is 4. The normalized spacial score (nSPS) is 10.0. The predicted octanol–water partition coefficient (Wildman–Crippen LogP) is 2.92. The lowest BCUT2D eigenvalue weighted by Crippen LogP contribution is -2.10. The highest BCUT2D eigenvalue weighted by molar-refractivity contribution is 5.90. The fourth-order valence-electron chi connectivity index (χ4n) is 1.87. The lowest BCUT2D eigenvalue weighted by atomic mass is 10.3. The second-order valence-electron chi connectivity index (χ2n) is 4.71. The van der Waals surface area contributed by atoms with E-state index in [-0.39, 0.29) is 5.69 Å². The topological polar surface area (TPSA) is 78.4 Å². The summed E-state index contributed by atoms with van der Waals surface area (Å²) < 4.78 is 10.4. The van der Waals surface area contributed by atoms with Crippen LogP contribution in [0.2, 0.25) is 0 Å². The minimum Gasteiger partial charge on any atom is -0.423 e. The van der Waals surface area contributed by atoms with E-state index >= 15 is 0 Å². The van der Waals surface area contributed by atoms with Gasteiger partial charge in [-0.25, -0.2) is 14.6 Å². The second-order valence-corrected chi connectivity index (χ2v) is 4.71. The standard InChI is InChI=1S/C18H12N2O4/c21-17(13-4-3-10-19-12-13)23-14-6-8-15(9-7-14)24-18(22)16-5-1-2-11-20-16/h1-12H. The Morgan fingerprint density at radius 2 is 1.46 bits per heavy atom. The molecule has 1 aromatic carbocycles. The van der Waals surface area contributed by atoms with Gasteiger partial charge >= 0.3 is 11.9 Å². The molecule has 0 spiro atoms. The zero-order chi connectivity index (χ0) is 16.8. The van der Waals surface area contributed by atoms with Gasteiger partial charge in [0.15, 0.2) is 0 Å². The van der Waals surface area contributed by atoms with Crippen LogP contribution in [-0.4, -0.2) is 21.9 Å². The fourth-order valence-corrected chi connectivity index (χ4v) is 1.87. The van der Waals surface area contributed by atoms with E-state index in [9.17, 15) is 9.59 Å². The van der Waals surface area contributed by atoms with Crippen LogP contribution in [0.25, 0.3) is 0 Å². The van der Waals surface area contributed by atoms with Gasteiger partial charge in [-0.05, 0) is 48.5 Å². The van der Waals surface area contributed by atoms with Crippen molar-refractivity contribution in [2.24, 2.45) is 0 Å². The number of benzene rings is 1. The summed E-state index contributed by atoms with van der Waals surface area (Å²) in [6, 6.07) is 14.4. The van der Waals surface area contributed by atoms with Gasteiger partial charge in [0.05, 0.1) is 5.56 Å². The summed E-state index contributed by atoms with van der Waals surface area (Å²) in [5.41, 5.74) is 0.563. The van der Waals surface area contributed by atoms with Crippen LogP contribution < -0.4 is 9.47 Å². The SMILES string of the molecule is O=C(Oc1ccc(OC(=O)c2ccccn2)cc1)c1cccnc1. The quantitative estimate of drug-likeness (QED) is 0.543. The Morgan fingerprint density at radius 1 is 0.750 bits per heavy atom. The maximum Gasteiger partial charge on any atom is 0.362 e. The molecule has 6 heteroatoms. The van der Waals surface area contributed by atoms with Crippen LogP contribution in [0.5, 0.6) is 11.5 Å². The predicted molar refractivity (Wildman–Crippen MR) is 84.8 cm³/mol. The minimum absolute atomic E-state index is 0.213. The number of hydrogen-bond acceptors (Lipinski definition) is 6. The monoisotopic (exact) mass is 320 g/mol. The number of nitrogens with zero attached hydrogens (tertiary/aromatic N) is 2. The molecule has 0 fully saturated rings. The van der Waals surface area contributed by atoms with Crippen molar-refractivity contribution in [3.63, 3.8) is 0 Å². The second kappa shape index (κ2) is 7.15. The number of carbonyl (C=O) groups excluding carboxylic acids is 2. The summed E-state index contributed by atoms with van der Waals surface area (Å²) in [6.45, 7) is 0. The van der Waals surface area contributed by atoms with Crippen molar-refractivity contribution in [3.8, 4) is 11.5 Å². The number of pyridine rings is 2. The maximum atomic E-state index is 11.9. The molecule has 0 aliphatic rings. The molecule has 0 N–H and O–H groups in total. The highest BCUT2D eigenvalue weighted by Gasteiger charge is 2.11. The highest BCUT2D eigenvalue weighted by Crippen LogP contribution is 2.19. The lowest BCUT2D eigenvalue weighted by molar-refractivity contribution is 0.0716. The summed E-state index contributed by atoms with van der Waals surface area (Å²) in [6.07, 6.45) is 4.50. The van der Waals surface area contributed by atoms with Crippen LogP contribution in [-0.2, 0) is 0 Å². The van der Waals surface area contributed by atoms with Gasteiger partial charge in [-0.15, -0.1) is 0 Å². The molecule has 118 valence electrons. The molecule has 0 radical (unpaired) electrons. The largest absolute Gasteiger partial charge is 0.423 e. The van der Waals surface area contributed by atoms with Crippen LogP contribution in [0.3, 0.4) is 0 Å². The molecule has 6 nitrogen and oxygen atoms in total. The van der Waals surface area contributed by atoms with Crippen molar-refractivity contribution in [2.75, 3.05) is 0 Å². The highest BCUT2D eigenvalue weighted by atomic mass is 16.5. The van der Waals surface area contributed by atoms with E-state index in [1.54, 1.807) is 36.5 Å². The zero-order valence-corrected chi connectivity index (χ0v) is 12.5. The molecule has 2 aromatic heterocycles. The first-order valence-electron chi connectivity index (χ1n) is 7.08. The number of carbonyl (C=O) groups is 2. The van der Waals surface area contributed by atoms with Crippen LogP contribution in [0.4, 0.5) is 0 Å². The Hall–Kier alpha value is -3.54. The number of aromatic nitrogens is 2. The zero-order valence-electron chi connectivity index (χ0n) is 12.5. The molecule has 0 saturated heterocycles. The Morgan fingerprint density at radius 3 is 2.04 bits per heavy atom. The van der Waals surface area contributed by atoms with E-state index in [4.69, 9.17) is 9.47 Å². The molecule has 0 aliphatic carbocycles. The average molecular weight is 320 g/mol. The minimum atomic E-state index is -0.560. The van der Waals surface area contributed by atoms with Gasteiger partial charge in [-0.2, -0.15) is 0 Å². The van der Waals surface area contributed by atoms with Gasteiger partial charge in [0.25, 0.3) is 0 Å². The molecule has 0 amide bonds. The van der Waals surface area contributed by atoms with E-state index in [1.165, 1.54) is 36.7 Å². The van der Waals surface area contributed by atoms with Gasteiger partial charge < -0.3 is 9.47 Å². The molecule has 24 heavy (non-hydrogen) atoms. The molecule has 0 atom stereocenters. The first-order chi connectivity index (χ1) is 11.7. The molecule has 0 bridgehead atoms. The number of hydrogen-bond donors (Lipinski definition) is 0. The fraction of sp³-hybridized carbons (Fsp3) is 0. The van der Waals surface area contributed by atoms with Gasteiger partial charge in [0.2, 0.25) is 0 Å². The van der Waals surface area contributed by atoms with Crippen molar-refractivity contribution in [3.05, 3.63) is 84.4 Å². The van der Waals surface area contributed by atoms with Crippen molar-refractivity contribution < 1.29 is 19.1 Å². The first kappa shape index (κ1) is 15.4. The first-order valence-corrected chi connectivity index (χ1v) is 7.08. The van der Waals surface area contributed by atoms with Gasteiger partial charge in [0.1, 0.15) is 17.2 Å². The van der Waals surface area contributed by atoms with Crippen LogP contribution >= 0.6 is 0 Å². The Bertz CT molecular complexity index is 761.